The first-order valence-electron chi connectivity index (χ1n) is 6.41. The Morgan fingerprint density at radius 3 is 2.26 bits per heavy atom. The van der Waals surface area contributed by atoms with E-state index in [-0.39, 0.29) is 24.3 Å². The SMILES string of the molecule is CC(C)(C)c1ccc(N2C[C@@H](C(=O)[O-])CC2=O)cc1. The Morgan fingerprint density at radius 1 is 1.26 bits per heavy atom. The van der Waals surface area contributed by atoms with E-state index >= 15 is 0 Å². The molecule has 1 aromatic rings. The molecule has 1 amide bonds. The predicted octanol–water partition coefficient (Wildman–Crippen LogP) is 1.09. The maximum atomic E-state index is 11.8. The van der Waals surface area contributed by atoms with Crippen molar-refractivity contribution in [3.63, 3.8) is 0 Å². The van der Waals surface area contributed by atoms with Crippen LogP contribution in [0.3, 0.4) is 0 Å². The molecule has 0 unspecified atom stereocenters. The van der Waals surface area contributed by atoms with E-state index in [1.54, 1.807) is 0 Å². The molecule has 0 aromatic heterocycles. The van der Waals surface area contributed by atoms with E-state index in [0.717, 1.165) is 5.69 Å². The molecule has 1 saturated heterocycles. The highest BCUT2D eigenvalue weighted by Crippen LogP contribution is 2.28. The van der Waals surface area contributed by atoms with Gasteiger partial charge < -0.3 is 14.8 Å². The van der Waals surface area contributed by atoms with Gasteiger partial charge in [0, 0.05) is 30.5 Å². The summed E-state index contributed by atoms with van der Waals surface area (Å²) in [6, 6.07) is 7.70. The molecule has 1 aromatic carbocycles. The van der Waals surface area contributed by atoms with E-state index in [2.05, 4.69) is 20.8 Å². The Morgan fingerprint density at radius 2 is 1.84 bits per heavy atom. The zero-order chi connectivity index (χ0) is 14.2. The fraction of sp³-hybridized carbons (Fsp3) is 0.467. The summed E-state index contributed by atoms with van der Waals surface area (Å²) in [6.45, 7) is 6.56. The molecule has 1 atom stereocenters. The van der Waals surface area contributed by atoms with Crippen LogP contribution in [0.15, 0.2) is 24.3 Å². The van der Waals surface area contributed by atoms with E-state index in [1.165, 1.54) is 10.5 Å². The van der Waals surface area contributed by atoms with Crippen LogP contribution < -0.4 is 10.0 Å². The van der Waals surface area contributed by atoms with E-state index < -0.39 is 11.9 Å². The molecule has 1 heterocycles. The molecule has 19 heavy (non-hydrogen) atoms. The molecule has 4 heteroatoms. The molecule has 102 valence electrons. The summed E-state index contributed by atoms with van der Waals surface area (Å²) < 4.78 is 0. The molecular formula is C15H18NO3-. The average Bonchev–Trinajstić information content (AvgIpc) is 2.70. The standard InChI is InChI=1S/C15H19NO3/c1-15(2,3)11-4-6-12(7-5-11)16-9-10(14(18)19)8-13(16)17/h4-7,10H,8-9H2,1-3H3,(H,18,19)/p-1/t10-/m0/s1. The fourth-order valence-electron chi connectivity index (χ4n) is 2.26. The second-order valence-corrected chi connectivity index (χ2v) is 6.02. The smallest absolute Gasteiger partial charge is 0.227 e. The lowest BCUT2D eigenvalue weighted by Crippen LogP contribution is -2.33. The number of anilines is 1. The number of aliphatic carboxylic acids is 1. The Balaban J connectivity index is 2.19. The maximum absolute atomic E-state index is 11.8. The summed E-state index contributed by atoms with van der Waals surface area (Å²) >= 11 is 0. The lowest BCUT2D eigenvalue weighted by Gasteiger charge is -2.21. The summed E-state index contributed by atoms with van der Waals surface area (Å²) in [6.07, 6.45) is 0.0311. The van der Waals surface area contributed by atoms with Crippen LogP contribution in [-0.4, -0.2) is 18.4 Å². The molecule has 1 aliphatic heterocycles. The number of carboxylic acids is 1. The Hall–Kier alpha value is -1.84. The molecule has 1 fully saturated rings. The Bertz CT molecular complexity index is 499. The van der Waals surface area contributed by atoms with Crippen LogP contribution in [0.5, 0.6) is 0 Å². The Labute approximate surface area is 113 Å². The molecule has 0 radical (unpaired) electrons. The summed E-state index contributed by atoms with van der Waals surface area (Å²) in [5.41, 5.74) is 1.99. The minimum absolute atomic E-state index is 0.0311. The van der Waals surface area contributed by atoms with Crippen molar-refractivity contribution in [1.29, 1.82) is 0 Å². The normalized spacial score (nSPS) is 19.8. The van der Waals surface area contributed by atoms with Crippen molar-refractivity contribution in [2.24, 2.45) is 5.92 Å². The summed E-state index contributed by atoms with van der Waals surface area (Å²) in [5.74, 6) is -2.00. The van der Waals surface area contributed by atoms with Gasteiger partial charge in [0.1, 0.15) is 0 Å². The quantitative estimate of drug-likeness (QED) is 0.799. The van der Waals surface area contributed by atoms with Crippen LogP contribution in [0.1, 0.15) is 32.8 Å². The minimum atomic E-state index is -1.15. The number of nitrogens with zero attached hydrogens (tertiary/aromatic N) is 1. The van der Waals surface area contributed by atoms with Gasteiger partial charge in [-0.2, -0.15) is 0 Å². The lowest BCUT2D eigenvalue weighted by molar-refractivity contribution is -0.310. The molecule has 1 aliphatic rings. The van der Waals surface area contributed by atoms with Crippen molar-refractivity contribution in [2.75, 3.05) is 11.4 Å². The highest BCUT2D eigenvalue weighted by Gasteiger charge is 2.31. The van der Waals surface area contributed by atoms with Crippen molar-refractivity contribution in [3.05, 3.63) is 29.8 Å². The first kappa shape index (κ1) is 13.6. The third kappa shape index (κ3) is 2.78. The van der Waals surface area contributed by atoms with Crippen molar-refractivity contribution < 1.29 is 14.7 Å². The van der Waals surface area contributed by atoms with Crippen molar-refractivity contribution in [1.82, 2.24) is 0 Å². The third-order valence-corrected chi connectivity index (χ3v) is 3.50. The zero-order valence-electron chi connectivity index (χ0n) is 11.5. The van der Waals surface area contributed by atoms with Crippen LogP contribution in [0.2, 0.25) is 0 Å². The number of hydrogen-bond acceptors (Lipinski definition) is 3. The molecule has 0 bridgehead atoms. The van der Waals surface area contributed by atoms with E-state index in [0.29, 0.717) is 0 Å². The Kier molecular flexibility index (Phi) is 3.35. The molecule has 2 rings (SSSR count). The lowest BCUT2D eigenvalue weighted by atomic mass is 9.87. The van der Waals surface area contributed by atoms with Crippen LogP contribution in [0, 0.1) is 5.92 Å². The summed E-state index contributed by atoms with van der Waals surface area (Å²) in [5, 5.41) is 10.8. The summed E-state index contributed by atoms with van der Waals surface area (Å²) in [7, 11) is 0. The molecular weight excluding hydrogens is 242 g/mol. The highest BCUT2D eigenvalue weighted by atomic mass is 16.4. The van der Waals surface area contributed by atoms with E-state index in [9.17, 15) is 14.7 Å². The van der Waals surface area contributed by atoms with Gasteiger partial charge in [-0.3, -0.25) is 4.79 Å². The molecule has 4 nitrogen and oxygen atoms in total. The van der Waals surface area contributed by atoms with Crippen LogP contribution in [0.25, 0.3) is 0 Å². The second kappa shape index (κ2) is 4.68. The number of carboxylic acid groups (broad SMARTS) is 1. The largest absolute Gasteiger partial charge is 0.550 e. The van der Waals surface area contributed by atoms with Gasteiger partial charge in [0.15, 0.2) is 0 Å². The summed E-state index contributed by atoms with van der Waals surface area (Å²) in [4.78, 5) is 24.1. The molecule has 0 saturated carbocycles. The minimum Gasteiger partial charge on any atom is -0.550 e. The molecule has 0 aliphatic carbocycles. The average molecular weight is 260 g/mol. The van der Waals surface area contributed by atoms with Gasteiger partial charge >= 0.3 is 0 Å². The highest BCUT2D eigenvalue weighted by molar-refractivity contribution is 5.98. The molecule has 0 spiro atoms. The maximum Gasteiger partial charge on any atom is 0.227 e. The van der Waals surface area contributed by atoms with Gasteiger partial charge in [-0.15, -0.1) is 0 Å². The number of benzene rings is 1. The third-order valence-electron chi connectivity index (χ3n) is 3.50. The first-order valence-corrected chi connectivity index (χ1v) is 6.41. The number of rotatable bonds is 2. The fourth-order valence-corrected chi connectivity index (χ4v) is 2.26. The van der Waals surface area contributed by atoms with Gasteiger partial charge in [0.25, 0.3) is 0 Å². The predicted molar refractivity (Wildman–Crippen MR) is 70.6 cm³/mol. The van der Waals surface area contributed by atoms with Gasteiger partial charge in [0.05, 0.1) is 0 Å². The second-order valence-electron chi connectivity index (χ2n) is 6.02. The number of hydrogen-bond donors (Lipinski definition) is 0. The van der Waals surface area contributed by atoms with Gasteiger partial charge in [-0.25, -0.2) is 0 Å². The van der Waals surface area contributed by atoms with Crippen molar-refractivity contribution in [2.45, 2.75) is 32.6 Å². The van der Waals surface area contributed by atoms with Gasteiger partial charge in [0.2, 0.25) is 5.91 Å². The van der Waals surface area contributed by atoms with Crippen LogP contribution in [-0.2, 0) is 15.0 Å². The van der Waals surface area contributed by atoms with E-state index in [4.69, 9.17) is 0 Å². The van der Waals surface area contributed by atoms with Crippen molar-refractivity contribution in [3.8, 4) is 0 Å². The van der Waals surface area contributed by atoms with Gasteiger partial charge in [-0.05, 0) is 23.1 Å². The first-order chi connectivity index (χ1) is 8.79. The monoisotopic (exact) mass is 260 g/mol. The number of carbonyl (C=O) groups excluding carboxylic acids is 2. The van der Waals surface area contributed by atoms with Crippen molar-refractivity contribution >= 4 is 17.6 Å². The van der Waals surface area contributed by atoms with Gasteiger partial charge in [-0.1, -0.05) is 32.9 Å². The topological polar surface area (TPSA) is 60.4 Å². The molecule has 0 N–H and O–H groups in total. The number of carbonyl (C=O) groups is 2. The van der Waals surface area contributed by atoms with E-state index in [1.807, 2.05) is 24.3 Å². The zero-order valence-corrected chi connectivity index (χ0v) is 11.5. The van der Waals surface area contributed by atoms with Crippen LogP contribution >= 0.6 is 0 Å². The van der Waals surface area contributed by atoms with Crippen LogP contribution in [0.4, 0.5) is 5.69 Å². The number of amides is 1.